The standard InChI is InChI=1S/C11H17N3OS/c1-12-11(7-15,9-2-3-9)8-16-10-6-13-4-5-14-10/h4-6,9,12,15H,2-3,7-8H2,1H3. The van der Waals surface area contributed by atoms with Crippen LogP contribution in [0, 0.1) is 5.92 Å². The van der Waals surface area contributed by atoms with Crippen LogP contribution in [-0.4, -0.2) is 40.0 Å². The topological polar surface area (TPSA) is 58.0 Å². The molecule has 88 valence electrons. The van der Waals surface area contributed by atoms with Crippen LogP contribution in [0.15, 0.2) is 23.6 Å². The molecule has 0 amide bonds. The van der Waals surface area contributed by atoms with Gasteiger partial charge in [-0.3, -0.25) is 4.98 Å². The molecule has 0 bridgehead atoms. The molecule has 4 nitrogen and oxygen atoms in total. The Morgan fingerprint density at radius 1 is 1.56 bits per heavy atom. The molecule has 1 saturated carbocycles. The van der Waals surface area contributed by atoms with E-state index in [2.05, 4.69) is 15.3 Å². The second-order valence-electron chi connectivity index (χ2n) is 4.17. The van der Waals surface area contributed by atoms with Crippen molar-refractivity contribution in [3.63, 3.8) is 0 Å². The van der Waals surface area contributed by atoms with Crippen LogP contribution in [0.25, 0.3) is 0 Å². The fourth-order valence-electron chi connectivity index (χ4n) is 1.85. The smallest absolute Gasteiger partial charge is 0.114 e. The molecule has 1 aliphatic carbocycles. The van der Waals surface area contributed by atoms with Crippen LogP contribution in [-0.2, 0) is 0 Å². The number of nitrogens with one attached hydrogen (secondary N) is 1. The Labute approximate surface area is 99.9 Å². The maximum atomic E-state index is 9.55. The highest BCUT2D eigenvalue weighted by atomic mass is 32.2. The van der Waals surface area contributed by atoms with Crippen molar-refractivity contribution in [3.05, 3.63) is 18.6 Å². The fourth-order valence-corrected chi connectivity index (χ4v) is 2.99. The molecule has 1 atom stereocenters. The molecule has 0 saturated heterocycles. The van der Waals surface area contributed by atoms with E-state index in [1.807, 2.05) is 7.05 Å². The summed E-state index contributed by atoms with van der Waals surface area (Å²) in [5.74, 6) is 1.44. The zero-order valence-electron chi connectivity index (χ0n) is 9.39. The molecule has 16 heavy (non-hydrogen) atoms. The number of aliphatic hydroxyl groups is 1. The van der Waals surface area contributed by atoms with Crippen LogP contribution in [0.2, 0.25) is 0 Å². The second-order valence-corrected chi connectivity index (χ2v) is 5.17. The summed E-state index contributed by atoms with van der Waals surface area (Å²) >= 11 is 1.65. The highest BCUT2D eigenvalue weighted by Crippen LogP contribution is 2.41. The molecule has 1 fully saturated rings. The number of nitrogens with zero attached hydrogens (tertiary/aromatic N) is 2. The zero-order chi connectivity index (χ0) is 11.4. The van der Waals surface area contributed by atoms with Crippen molar-refractivity contribution in [2.45, 2.75) is 23.4 Å². The molecular weight excluding hydrogens is 222 g/mol. The summed E-state index contributed by atoms with van der Waals surface area (Å²) in [7, 11) is 1.92. The number of thioether (sulfide) groups is 1. The van der Waals surface area contributed by atoms with Gasteiger partial charge in [0.25, 0.3) is 0 Å². The lowest BCUT2D eigenvalue weighted by molar-refractivity contribution is 0.167. The van der Waals surface area contributed by atoms with E-state index in [0.717, 1.165) is 10.8 Å². The number of hydrogen-bond acceptors (Lipinski definition) is 5. The van der Waals surface area contributed by atoms with Gasteiger partial charge in [0.1, 0.15) is 5.03 Å². The Bertz CT molecular complexity index is 325. The van der Waals surface area contributed by atoms with E-state index in [1.54, 1.807) is 30.4 Å². The van der Waals surface area contributed by atoms with Crippen LogP contribution >= 0.6 is 11.8 Å². The minimum Gasteiger partial charge on any atom is -0.394 e. The molecule has 0 aliphatic heterocycles. The quantitative estimate of drug-likeness (QED) is 0.723. The number of aromatic nitrogens is 2. The predicted octanol–water partition coefficient (Wildman–Crippen LogP) is 0.929. The van der Waals surface area contributed by atoms with Crippen molar-refractivity contribution in [3.8, 4) is 0 Å². The van der Waals surface area contributed by atoms with Crippen molar-refractivity contribution in [1.82, 2.24) is 15.3 Å². The lowest BCUT2D eigenvalue weighted by Crippen LogP contribution is -2.51. The van der Waals surface area contributed by atoms with Gasteiger partial charge in [-0.05, 0) is 25.8 Å². The van der Waals surface area contributed by atoms with Crippen LogP contribution in [0.4, 0.5) is 0 Å². The molecule has 1 heterocycles. The van der Waals surface area contributed by atoms with Crippen LogP contribution in [0.3, 0.4) is 0 Å². The summed E-state index contributed by atoms with van der Waals surface area (Å²) in [4.78, 5) is 8.25. The van der Waals surface area contributed by atoms with Crippen molar-refractivity contribution < 1.29 is 5.11 Å². The van der Waals surface area contributed by atoms with Gasteiger partial charge in [-0.1, -0.05) is 0 Å². The molecule has 1 unspecified atom stereocenters. The van der Waals surface area contributed by atoms with Gasteiger partial charge in [0.2, 0.25) is 0 Å². The Hall–Kier alpha value is -0.650. The van der Waals surface area contributed by atoms with Crippen LogP contribution in [0.1, 0.15) is 12.8 Å². The first-order chi connectivity index (χ1) is 7.80. The Balaban J connectivity index is 1.96. The van der Waals surface area contributed by atoms with Gasteiger partial charge in [-0.2, -0.15) is 0 Å². The first-order valence-electron chi connectivity index (χ1n) is 5.49. The molecule has 0 aromatic carbocycles. The van der Waals surface area contributed by atoms with Crippen molar-refractivity contribution >= 4 is 11.8 Å². The van der Waals surface area contributed by atoms with Gasteiger partial charge in [0.05, 0.1) is 18.3 Å². The van der Waals surface area contributed by atoms with E-state index in [-0.39, 0.29) is 12.1 Å². The molecule has 1 aromatic rings. The van der Waals surface area contributed by atoms with Crippen molar-refractivity contribution in [2.75, 3.05) is 19.4 Å². The summed E-state index contributed by atoms with van der Waals surface area (Å²) in [5.41, 5.74) is -0.151. The Morgan fingerprint density at radius 3 is 2.88 bits per heavy atom. The van der Waals surface area contributed by atoms with Crippen molar-refractivity contribution in [2.24, 2.45) is 5.92 Å². The summed E-state index contributed by atoms with van der Waals surface area (Å²) in [6.07, 6.45) is 7.54. The SMILES string of the molecule is CNC(CO)(CSc1cnccn1)C1CC1. The Morgan fingerprint density at radius 2 is 2.38 bits per heavy atom. The first kappa shape index (κ1) is 11.8. The number of aliphatic hydroxyl groups excluding tert-OH is 1. The van der Waals surface area contributed by atoms with E-state index in [1.165, 1.54) is 12.8 Å². The third-order valence-corrected chi connectivity index (χ3v) is 4.32. The van der Waals surface area contributed by atoms with E-state index in [4.69, 9.17) is 0 Å². The Kier molecular flexibility index (Phi) is 3.78. The predicted molar refractivity (Wildman–Crippen MR) is 64.4 cm³/mol. The molecule has 0 spiro atoms. The number of rotatable bonds is 6. The molecular formula is C11H17N3OS. The van der Waals surface area contributed by atoms with Crippen LogP contribution < -0.4 is 5.32 Å². The van der Waals surface area contributed by atoms with Gasteiger partial charge in [0, 0.05) is 18.1 Å². The molecule has 5 heteroatoms. The van der Waals surface area contributed by atoms with Gasteiger partial charge >= 0.3 is 0 Å². The maximum Gasteiger partial charge on any atom is 0.114 e. The minimum absolute atomic E-state index is 0.151. The molecule has 2 N–H and O–H groups in total. The summed E-state index contributed by atoms with van der Waals surface area (Å²) < 4.78 is 0. The van der Waals surface area contributed by atoms with Gasteiger partial charge in [0.15, 0.2) is 0 Å². The molecule has 0 radical (unpaired) electrons. The normalized spacial score (nSPS) is 19.4. The van der Waals surface area contributed by atoms with Gasteiger partial charge in [-0.15, -0.1) is 11.8 Å². The van der Waals surface area contributed by atoms with E-state index < -0.39 is 0 Å². The number of hydrogen-bond donors (Lipinski definition) is 2. The molecule has 2 rings (SSSR count). The number of likely N-dealkylation sites (N-methyl/N-ethyl adjacent to an activating group) is 1. The minimum atomic E-state index is -0.151. The van der Waals surface area contributed by atoms with Crippen LogP contribution in [0.5, 0.6) is 0 Å². The highest BCUT2D eigenvalue weighted by molar-refractivity contribution is 7.99. The van der Waals surface area contributed by atoms with Crippen molar-refractivity contribution in [1.29, 1.82) is 0 Å². The molecule has 1 aliphatic rings. The highest BCUT2D eigenvalue weighted by Gasteiger charge is 2.43. The third-order valence-electron chi connectivity index (χ3n) is 3.16. The van der Waals surface area contributed by atoms with E-state index in [9.17, 15) is 5.11 Å². The van der Waals surface area contributed by atoms with Gasteiger partial charge < -0.3 is 10.4 Å². The van der Waals surface area contributed by atoms with E-state index in [0.29, 0.717) is 5.92 Å². The zero-order valence-corrected chi connectivity index (χ0v) is 10.2. The first-order valence-corrected chi connectivity index (χ1v) is 6.48. The average molecular weight is 239 g/mol. The van der Waals surface area contributed by atoms with Gasteiger partial charge in [-0.25, -0.2) is 4.98 Å². The fraction of sp³-hybridized carbons (Fsp3) is 0.636. The van der Waals surface area contributed by atoms with E-state index >= 15 is 0 Å². The lowest BCUT2D eigenvalue weighted by Gasteiger charge is -2.31. The summed E-state index contributed by atoms with van der Waals surface area (Å²) in [6, 6.07) is 0. The third kappa shape index (κ3) is 2.53. The molecule has 1 aromatic heterocycles. The largest absolute Gasteiger partial charge is 0.394 e. The lowest BCUT2D eigenvalue weighted by atomic mass is 9.97. The summed E-state index contributed by atoms with van der Waals surface area (Å²) in [5, 5.41) is 13.7. The monoisotopic (exact) mass is 239 g/mol. The average Bonchev–Trinajstić information content (AvgIpc) is 3.17. The maximum absolute atomic E-state index is 9.55. The summed E-state index contributed by atoms with van der Waals surface area (Å²) in [6.45, 7) is 0.182. The second kappa shape index (κ2) is 5.12.